The van der Waals surface area contributed by atoms with Crippen molar-refractivity contribution in [2.24, 2.45) is 5.73 Å². The smallest absolute Gasteiger partial charge is 0.300 e. The highest BCUT2D eigenvalue weighted by atomic mass is 16.5. The van der Waals surface area contributed by atoms with Gasteiger partial charge in [-0.3, -0.25) is 24.1 Å². The van der Waals surface area contributed by atoms with E-state index in [1.165, 1.54) is 74.8 Å². The van der Waals surface area contributed by atoms with Crippen molar-refractivity contribution < 1.29 is 43.6 Å². The average molecular weight is 626 g/mol. The highest BCUT2D eigenvalue weighted by Gasteiger charge is 2.72. The molecule has 3 aliphatic heterocycles. The zero-order valence-corrected chi connectivity index (χ0v) is 25.7. The lowest BCUT2D eigenvalue weighted by molar-refractivity contribution is -0.135. The summed E-state index contributed by atoms with van der Waals surface area (Å²) in [5, 5.41) is 22.8. The van der Waals surface area contributed by atoms with Gasteiger partial charge in [0.1, 0.15) is 17.3 Å². The first kappa shape index (κ1) is 30.3. The summed E-state index contributed by atoms with van der Waals surface area (Å²) in [7, 11) is 4.36. The number of ether oxygens (including phenoxy) is 3. The van der Waals surface area contributed by atoms with Gasteiger partial charge >= 0.3 is 5.91 Å². The Morgan fingerprint density at radius 2 is 1.52 bits per heavy atom. The molecule has 236 valence electrons. The summed E-state index contributed by atoms with van der Waals surface area (Å²) in [5.41, 5.74) is 2.28. The third kappa shape index (κ3) is 3.92. The van der Waals surface area contributed by atoms with Gasteiger partial charge in [-0.05, 0) is 74.4 Å². The van der Waals surface area contributed by atoms with E-state index in [2.05, 4.69) is 0 Å². The van der Waals surface area contributed by atoms with Crippen molar-refractivity contribution in [2.45, 2.75) is 31.3 Å². The minimum Gasteiger partial charge on any atom is -0.507 e. The molecule has 0 bridgehead atoms. The van der Waals surface area contributed by atoms with Crippen LogP contribution >= 0.6 is 0 Å². The molecular weight excluding hydrogens is 594 g/mol. The SMILES string of the molecule is COc1ccc(C(O)=C2C(=O)C(=O)N(c3ccccc3O)C23C(=O)N2C(=C3C(N)=O)c3cc(OC)c(OC)cc3CC2(C)C)cc1. The Morgan fingerprint density at radius 1 is 0.891 bits per heavy atom. The number of aliphatic hydroxyl groups excluding tert-OH is 1. The monoisotopic (exact) mass is 625 g/mol. The standard InChI is InChI=1S/C34H31N3O9/c1-33(2)16-18-14-23(45-4)24(46-5)15-20(18)27-25(30(35)41)34(32(43)37(27)33)26(28(39)17-10-12-19(44-3)13-11-17)29(40)31(42)36(34)21-8-6-7-9-22(21)38/h6-15,38-39H,16H2,1-5H3,(H2,35,41). The molecule has 0 saturated carbocycles. The number of hydrogen-bond donors (Lipinski definition) is 3. The summed E-state index contributed by atoms with van der Waals surface area (Å²) < 4.78 is 16.3. The molecule has 1 atom stereocenters. The number of methoxy groups -OCH3 is 3. The second-order valence-corrected chi connectivity index (χ2v) is 11.7. The summed E-state index contributed by atoms with van der Waals surface area (Å²) >= 11 is 0. The molecule has 1 spiro atoms. The molecule has 12 nitrogen and oxygen atoms in total. The number of carbonyl (C=O) groups is 4. The Labute approximate surface area is 263 Å². The summed E-state index contributed by atoms with van der Waals surface area (Å²) in [6.07, 6.45) is 0.266. The number of primary amides is 1. The molecule has 3 amide bonds. The molecule has 3 heterocycles. The van der Waals surface area contributed by atoms with Crippen LogP contribution in [0.25, 0.3) is 11.5 Å². The van der Waals surface area contributed by atoms with Gasteiger partial charge in [-0.25, -0.2) is 0 Å². The predicted molar refractivity (Wildman–Crippen MR) is 166 cm³/mol. The number of aromatic hydroxyl groups is 1. The quantitative estimate of drug-likeness (QED) is 0.212. The van der Waals surface area contributed by atoms with E-state index in [1.807, 2.05) is 0 Å². The Bertz CT molecular complexity index is 1930. The molecule has 6 rings (SSSR count). The largest absolute Gasteiger partial charge is 0.507 e. The first-order valence-corrected chi connectivity index (χ1v) is 14.2. The van der Waals surface area contributed by atoms with Gasteiger partial charge in [0.2, 0.25) is 5.91 Å². The van der Waals surface area contributed by atoms with E-state index >= 15 is 4.79 Å². The molecule has 4 N–H and O–H groups in total. The Hall–Kier alpha value is -5.78. The minimum atomic E-state index is -2.61. The molecule has 3 aliphatic rings. The average Bonchev–Trinajstić information content (AvgIpc) is 3.43. The van der Waals surface area contributed by atoms with E-state index in [9.17, 15) is 24.6 Å². The highest BCUT2D eigenvalue weighted by Crippen LogP contribution is 2.58. The molecule has 0 aromatic heterocycles. The molecule has 0 radical (unpaired) electrons. The first-order valence-electron chi connectivity index (χ1n) is 14.2. The van der Waals surface area contributed by atoms with Gasteiger partial charge in [0.15, 0.2) is 17.0 Å². The number of carbonyl (C=O) groups excluding carboxylic acids is 4. The van der Waals surface area contributed by atoms with Gasteiger partial charge in [0.05, 0.1) is 43.9 Å². The van der Waals surface area contributed by atoms with Crippen LogP contribution in [0.5, 0.6) is 23.0 Å². The number of aliphatic hydroxyl groups is 1. The van der Waals surface area contributed by atoms with Gasteiger partial charge in [0, 0.05) is 16.7 Å². The van der Waals surface area contributed by atoms with Crippen molar-refractivity contribution >= 4 is 40.6 Å². The van der Waals surface area contributed by atoms with Crippen LogP contribution in [-0.2, 0) is 25.6 Å². The molecule has 12 heteroatoms. The molecule has 1 saturated heterocycles. The topological polar surface area (TPSA) is 169 Å². The number of nitrogens with zero attached hydrogens (tertiary/aromatic N) is 2. The van der Waals surface area contributed by atoms with Crippen molar-refractivity contribution in [3.8, 4) is 23.0 Å². The van der Waals surface area contributed by atoms with Crippen LogP contribution in [0.3, 0.4) is 0 Å². The number of fused-ring (bicyclic) bond motifs is 3. The maximum absolute atomic E-state index is 15.2. The van der Waals surface area contributed by atoms with E-state index in [-0.39, 0.29) is 23.4 Å². The summed E-state index contributed by atoms with van der Waals surface area (Å²) in [4.78, 5) is 59.4. The van der Waals surface area contributed by atoms with Crippen molar-refractivity contribution in [1.82, 2.24) is 4.90 Å². The summed E-state index contributed by atoms with van der Waals surface area (Å²) in [6, 6.07) is 14.8. The second kappa shape index (κ2) is 10.4. The number of phenols is 1. The zero-order valence-electron chi connectivity index (χ0n) is 25.7. The Kier molecular flexibility index (Phi) is 6.84. The zero-order chi connectivity index (χ0) is 33.3. The van der Waals surface area contributed by atoms with Crippen LogP contribution < -0.4 is 24.8 Å². The van der Waals surface area contributed by atoms with Crippen LogP contribution in [0.4, 0.5) is 5.69 Å². The van der Waals surface area contributed by atoms with Crippen molar-refractivity contribution in [3.05, 3.63) is 88.5 Å². The van der Waals surface area contributed by atoms with Crippen LogP contribution in [0.15, 0.2) is 71.8 Å². The number of benzene rings is 3. The van der Waals surface area contributed by atoms with Gasteiger partial charge in [-0.1, -0.05) is 12.1 Å². The number of phenolic OH excluding ortho intramolecular Hbond substituents is 1. The fourth-order valence-electron chi connectivity index (χ4n) is 6.81. The normalized spacial score (nSPS) is 21.0. The minimum absolute atomic E-state index is 0.0349. The molecule has 3 aromatic rings. The number of amides is 3. The number of rotatable bonds is 6. The fraction of sp³-hybridized carbons (Fsp3) is 0.235. The van der Waals surface area contributed by atoms with Gasteiger partial charge in [0.25, 0.3) is 11.7 Å². The van der Waals surface area contributed by atoms with Crippen molar-refractivity contribution in [3.63, 3.8) is 0 Å². The lowest BCUT2D eigenvalue weighted by Gasteiger charge is -2.44. The molecule has 3 aromatic carbocycles. The lowest BCUT2D eigenvalue weighted by Crippen LogP contribution is -2.60. The summed E-state index contributed by atoms with van der Waals surface area (Å²) in [5.74, 6) is -4.57. The maximum atomic E-state index is 15.2. The number of anilines is 1. The first-order chi connectivity index (χ1) is 21.8. The van der Waals surface area contributed by atoms with Gasteiger partial charge in [-0.15, -0.1) is 0 Å². The molecule has 1 fully saturated rings. The Balaban J connectivity index is 1.81. The molecular formula is C34H31N3O9. The molecule has 46 heavy (non-hydrogen) atoms. The molecule has 1 unspecified atom stereocenters. The maximum Gasteiger partial charge on any atom is 0.300 e. The van der Waals surface area contributed by atoms with Crippen molar-refractivity contribution in [1.29, 1.82) is 0 Å². The van der Waals surface area contributed by atoms with E-state index in [4.69, 9.17) is 19.9 Å². The Morgan fingerprint density at radius 3 is 2.11 bits per heavy atom. The lowest BCUT2D eigenvalue weighted by atomic mass is 9.79. The number of para-hydroxylation sites is 2. The van der Waals surface area contributed by atoms with Crippen LogP contribution in [0.2, 0.25) is 0 Å². The second-order valence-electron chi connectivity index (χ2n) is 11.7. The van der Waals surface area contributed by atoms with E-state index in [0.717, 1.165) is 4.90 Å². The van der Waals surface area contributed by atoms with E-state index in [1.54, 1.807) is 26.0 Å². The van der Waals surface area contributed by atoms with Crippen LogP contribution in [0.1, 0.15) is 30.5 Å². The number of nitrogens with two attached hydrogens (primary N) is 1. The summed E-state index contributed by atoms with van der Waals surface area (Å²) in [6.45, 7) is 3.52. The third-order valence-corrected chi connectivity index (χ3v) is 8.72. The van der Waals surface area contributed by atoms with Gasteiger partial charge in [-0.2, -0.15) is 0 Å². The van der Waals surface area contributed by atoms with Crippen LogP contribution in [0, 0.1) is 0 Å². The predicted octanol–water partition coefficient (Wildman–Crippen LogP) is 3.12. The number of Topliss-reactive ketones (excluding diaryl/α,β-unsaturated/α-hetero) is 1. The van der Waals surface area contributed by atoms with E-state index < -0.39 is 57.2 Å². The fourth-order valence-corrected chi connectivity index (χ4v) is 6.81. The highest BCUT2D eigenvalue weighted by molar-refractivity contribution is 6.56. The van der Waals surface area contributed by atoms with Gasteiger partial charge < -0.3 is 35.1 Å². The number of hydrogen-bond acceptors (Lipinski definition) is 9. The van der Waals surface area contributed by atoms with Crippen molar-refractivity contribution in [2.75, 3.05) is 26.2 Å². The molecule has 0 aliphatic carbocycles. The number of ketones is 1. The van der Waals surface area contributed by atoms with Crippen LogP contribution in [-0.4, -0.2) is 71.0 Å². The third-order valence-electron chi connectivity index (χ3n) is 8.72. The van der Waals surface area contributed by atoms with E-state index in [0.29, 0.717) is 28.4 Å².